The average molecular weight is 304 g/mol. The van der Waals surface area contributed by atoms with Crippen LogP contribution in [0.1, 0.15) is 45.1 Å². The number of rotatable bonds is 7. The molecule has 0 radical (unpaired) electrons. The smallest absolute Gasteiger partial charge is 0.212 e. The largest absolute Gasteiger partial charge is 0.481 e. The van der Waals surface area contributed by atoms with Crippen molar-refractivity contribution >= 4 is 5.96 Å². The van der Waals surface area contributed by atoms with Gasteiger partial charge in [-0.05, 0) is 37.2 Å². The van der Waals surface area contributed by atoms with E-state index in [2.05, 4.69) is 34.5 Å². The number of aliphatic imine (C=N–C) groups is 1. The molecule has 0 unspecified atom stereocenters. The molecule has 1 aromatic rings. The number of methoxy groups -OCH3 is 1. The maximum absolute atomic E-state index is 5.07. The van der Waals surface area contributed by atoms with Gasteiger partial charge < -0.3 is 15.4 Å². The molecule has 0 amide bonds. The number of nitrogens with zero attached hydrogens (tertiary/aromatic N) is 2. The van der Waals surface area contributed by atoms with Crippen molar-refractivity contribution in [3.05, 3.63) is 23.9 Å². The fourth-order valence-electron chi connectivity index (χ4n) is 2.74. The summed E-state index contributed by atoms with van der Waals surface area (Å²) in [5.41, 5.74) is 1.56. The van der Waals surface area contributed by atoms with E-state index in [0.717, 1.165) is 24.6 Å². The van der Waals surface area contributed by atoms with Crippen LogP contribution in [0, 0.1) is 5.41 Å². The normalized spacial score (nSPS) is 16.8. The van der Waals surface area contributed by atoms with Crippen LogP contribution in [0.3, 0.4) is 0 Å². The van der Waals surface area contributed by atoms with Gasteiger partial charge in [0, 0.05) is 25.4 Å². The first-order chi connectivity index (χ1) is 10.7. The van der Waals surface area contributed by atoms with Gasteiger partial charge in [-0.25, -0.2) is 9.98 Å². The summed E-state index contributed by atoms with van der Waals surface area (Å²) >= 11 is 0. The van der Waals surface area contributed by atoms with Crippen LogP contribution in [0.15, 0.2) is 23.3 Å². The van der Waals surface area contributed by atoms with Crippen molar-refractivity contribution < 1.29 is 4.74 Å². The summed E-state index contributed by atoms with van der Waals surface area (Å²) in [5.74, 6) is 1.52. The Morgan fingerprint density at radius 1 is 1.32 bits per heavy atom. The third-order valence-electron chi connectivity index (χ3n) is 4.57. The summed E-state index contributed by atoms with van der Waals surface area (Å²) in [6.07, 6.45) is 7.07. The van der Waals surface area contributed by atoms with Crippen LogP contribution < -0.4 is 15.4 Å². The van der Waals surface area contributed by atoms with Crippen LogP contribution in [-0.4, -0.2) is 31.1 Å². The van der Waals surface area contributed by atoms with Crippen LogP contribution in [-0.2, 0) is 6.54 Å². The van der Waals surface area contributed by atoms with Crippen LogP contribution in [0.2, 0.25) is 0 Å². The molecule has 0 spiro atoms. The van der Waals surface area contributed by atoms with Gasteiger partial charge in [-0.15, -0.1) is 0 Å². The molecule has 0 saturated heterocycles. The van der Waals surface area contributed by atoms with Crippen molar-refractivity contribution in [1.29, 1.82) is 0 Å². The fraction of sp³-hybridized carbons (Fsp3) is 0.647. The summed E-state index contributed by atoms with van der Waals surface area (Å²) in [5, 5.41) is 6.82. The zero-order valence-corrected chi connectivity index (χ0v) is 14.0. The van der Waals surface area contributed by atoms with Crippen LogP contribution in [0.5, 0.6) is 5.88 Å². The Hall–Kier alpha value is -1.78. The Bertz CT molecular complexity index is 474. The topological polar surface area (TPSA) is 58.5 Å². The Kier molecular flexibility index (Phi) is 6.04. The Morgan fingerprint density at radius 3 is 2.64 bits per heavy atom. The third-order valence-corrected chi connectivity index (χ3v) is 4.57. The second-order valence-corrected chi connectivity index (χ2v) is 5.96. The van der Waals surface area contributed by atoms with Crippen molar-refractivity contribution in [2.45, 2.75) is 46.1 Å². The second kappa shape index (κ2) is 8.01. The maximum Gasteiger partial charge on any atom is 0.212 e. The van der Waals surface area contributed by atoms with Crippen molar-refractivity contribution in [1.82, 2.24) is 15.6 Å². The van der Waals surface area contributed by atoms with Gasteiger partial charge in [-0.1, -0.05) is 19.4 Å². The molecule has 1 fully saturated rings. The van der Waals surface area contributed by atoms with E-state index in [-0.39, 0.29) is 0 Å². The highest BCUT2D eigenvalue weighted by Gasteiger charge is 2.34. The molecule has 0 bridgehead atoms. The van der Waals surface area contributed by atoms with Gasteiger partial charge in [0.2, 0.25) is 5.88 Å². The molecule has 2 N–H and O–H groups in total. The van der Waals surface area contributed by atoms with E-state index in [9.17, 15) is 0 Å². The first-order valence-electron chi connectivity index (χ1n) is 8.22. The standard InChI is InChI=1S/C17H28N4O/c1-4-17(9-6-10-17)13-21-16(18-5-2)20-12-14-7-8-15(22-3)19-11-14/h7-8,11H,4-6,9-10,12-13H2,1-3H3,(H2,18,20,21). The lowest BCUT2D eigenvalue weighted by Gasteiger charge is -2.41. The van der Waals surface area contributed by atoms with Crippen molar-refractivity contribution in [3.63, 3.8) is 0 Å². The number of ether oxygens (including phenoxy) is 1. The SMILES string of the molecule is CCNC(=NCc1ccc(OC)nc1)NCC1(CC)CCC1. The molecule has 1 aliphatic rings. The average Bonchev–Trinajstić information content (AvgIpc) is 2.52. The molecular formula is C17H28N4O. The van der Waals surface area contributed by atoms with Gasteiger partial charge in [0.15, 0.2) is 5.96 Å². The molecular weight excluding hydrogens is 276 g/mol. The van der Waals surface area contributed by atoms with E-state index in [1.807, 2.05) is 18.3 Å². The Labute approximate surface area is 133 Å². The fourth-order valence-corrected chi connectivity index (χ4v) is 2.74. The molecule has 1 aromatic heterocycles. The molecule has 0 aliphatic heterocycles. The zero-order chi connectivity index (χ0) is 15.8. The summed E-state index contributed by atoms with van der Waals surface area (Å²) in [7, 11) is 1.62. The number of aromatic nitrogens is 1. The minimum atomic E-state index is 0.484. The van der Waals surface area contributed by atoms with Gasteiger partial charge >= 0.3 is 0 Å². The van der Waals surface area contributed by atoms with Crippen LogP contribution >= 0.6 is 0 Å². The molecule has 122 valence electrons. The monoisotopic (exact) mass is 304 g/mol. The zero-order valence-electron chi connectivity index (χ0n) is 14.0. The third kappa shape index (κ3) is 4.36. The number of nitrogens with one attached hydrogen (secondary N) is 2. The molecule has 5 nitrogen and oxygen atoms in total. The lowest BCUT2D eigenvalue weighted by molar-refractivity contribution is 0.131. The highest BCUT2D eigenvalue weighted by molar-refractivity contribution is 5.79. The van der Waals surface area contributed by atoms with E-state index < -0.39 is 0 Å². The van der Waals surface area contributed by atoms with Gasteiger partial charge in [-0.3, -0.25) is 0 Å². The van der Waals surface area contributed by atoms with Gasteiger partial charge in [-0.2, -0.15) is 0 Å². The van der Waals surface area contributed by atoms with Gasteiger partial charge in [0.1, 0.15) is 0 Å². The molecule has 2 rings (SSSR count). The number of pyridine rings is 1. The minimum Gasteiger partial charge on any atom is -0.481 e. The Balaban J connectivity index is 1.91. The summed E-state index contributed by atoms with van der Waals surface area (Å²) in [6.45, 7) is 6.87. The molecule has 1 aliphatic carbocycles. The second-order valence-electron chi connectivity index (χ2n) is 5.96. The first kappa shape index (κ1) is 16.6. The molecule has 0 aromatic carbocycles. The predicted octanol–water partition coefficient (Wildman–Crippen LogP) is 2.73. The van der Waals surface area contributed by atoms with E-state index in [0.29, 0.717) is 17.8 Å². The number of guanidine groups is 1. The van der Waals surface area contributed by atoms with E-state index in [4.69, 9.17) is 4.74 Å². The molecule has 1 saturated carbocycles. The van der Waals surface area contributed by atoms with E-state index in [1.165, 1.54) is 25.7 Å². The van der Waals surface area contributed by atoms with Crippen molar-refractivity contribution in [3.8, 4) is 5.88 Å². The van der Waals surface area contributed by atoms with Gasteiger partial charge in [0.05, 0.1) is 13.7 Å². The maximum atomic E-state index is 5.07. The summed E-state index contributed by atoms with van der Waals surface area (Å²) in [6, 6.07) is 3.87. The van der Waals surface area contributed by atoms with Crippen molar-refractivity contribution in [2.24, 2.45) is 10.4 Å². The van der Waals surface area contributed by atoms with Crippen LogP contribution in [0.4, 0.5) is 0 Å². The predicted molar refractivity (Wildman–Crippen MR) is 90.2 cm³/mol. The molecule has 22 heavy (non-hydrogen) atoms. The highest BCUT2D eigenvalue weighted by atomic mass is 16.5. The lowest BCUT2D eigenvalue weighted by atomic mass is 9.67. The number of hydrogen-bond acceptors (Lipinski definition) is 3. The highest BCUT2D eigenvalue weighted by Crippen LogP contribution is 2.42. The van der Waals surface area contributed by atoms with E-state index in [1.54, 1.807) is 7.11 Å². The van der Waals surface area contributed by atoms with Crippen LogP contribution in [0.25, 0.3) is 0 Å². The minimum absolute atomic E-state index is 0.484. The Morgan fingerprint density at radius 2 is 2.14 bits per heavy atom. The molecule has 5 heteroatoms. The summed E-state index contributed by atoms with van der Waals surface area (Å²) in [4.78, 5) is 8.86. The number of hydrogen-bond donors (Lipinski definition) is 2. The molecule has 1 heterocycles. The van der Waals surface area contributed by atoms with E-state index >= 15 is 0 Å². The lowest BCUT2D eigenvalue weighted by Crippen LogP contribution is -2.46. The molecule has 0 atom stereocenters. The first-order valence-corrected chi connectivity index (χ1v) is 8.22. The summed E-state index contributed by atoms with van der Waals surface area (Å²) < 4.78 is 5.07. The quantitative estimate of drug-likeness (QED) is 0.601. The van der Waals surface area contributed by atoms with Crippen molar-refractivity contribution in [2.75, 3.05) is 20.2 Å². The van der Waals surface area contributed by atoms with Gasteiger partial charge in [0.25, 0.3) is 0 Å².